The quantitative estimate of drug-likeness (QED) is 0.0420. The van der Waals surface area contributed by atoms with Crippen LogP contribution in [0.15, 0.2) is 66.9 Å². The molecular weight excluding hydrogens is 825 g/mol. The topological polar surface area (TPSA) is 260 Å². The third-order valence-corrected chi connectivity index (χ3v) is 11.1. The van der Waals surface area contributed by atoms with Gasteiger partial charge < -0.3 is 56.6 Å². The van der Waals surface area contributed by atoms with Crippen LogP contribution >= 0.6 is 0 Å². The van der Waals surface area contributed by atoms with Crippen LogP contribution < -0.4 is 47.6 Å². The zero-order chi connectivity index (χ0) is 46.3. The third kappa shape index (κ3) is 12.8. The van der Waals surface area contributed by atoms with Crippen LogP contribution in [0.1, 0.15) is 70.8 Å². The molecule has 0 bridgehead atoms. The Labute approximate surface area is 372 Å². The zero-order valence-corrected chi connectivity index (χ0v) is 36.7. The molecule has 2 fully saturated rings. The monoisotopic (exact) mass is 882 g/mol. The van der Waals surface area contributed by atoms with Crippen LogP contribution in [0, 0.1) is 0 Å². The van der Waals surface area contributed by atoms with E-state index in [9.17, 15) is 33.6 Å². The van der Waals surface area contributed by atoms with E-state index in [0.29, 0.717) is 81.3 Å². The van der Waals surface area contributed by atoms with Gasteiger partial charge in [0, 0.05) is 64.4 Å². The maximum absolute atomic E-state index is 12.7. The Morgan fingerprint density at radius 3 is 2.31 bits per heavy atom. The summed E-state index contributed by atoms with van der Waals surface area (Å²) in [7, 11) is 4.86. The van der Waals surface area contributed by atoms with Crippen LogP contribution in [0.2, 0.25) is 0 Å². The first kappa shape index (κ1) is 48.0. The molecule has 64 heavy (non-hydrogen) atoms. The number of fused-ring (bicyclic) bond motifs is 1. The van der Waals surface area contributed by atoms with Gasteiger partial charge in [0.2, 0.25) is 29.4 Å². The number of methoxy groups -OCH3 is 2. The molecule has 0 spiro atoms. The molecule has 0 aliphatic carbocycles. The van der Waals surface area contributed by atoms with Gasteiger partial charge in [0.05, 0.1) is 33.0 Å². The number of Topliss-reactive ketones (excluding diaryl/α,β-unsaturated/α-hetero) is 1. The molecular formula is C45H58N10O9. The first-order valence-electron chi connectivity index (χ1n) is 21.0. The van der Waals surface area contributed by atoms with Crippen molar-refractivity contribution in [1.82, 2.24) is 41.4 Å². The van der Waals surface area contributed by atoms with Gasteiger partial charge in [0.25, 0.3) is 11.8 Å². The van der Waals surface area contributed by atoms with Crippen molar-refractivity contribution < 1.29 is 43.0 Å². The lowest BCUT2D eigenvalue weighted by Gasteiger charge is -2.23. The fourth-order valence-corrected chi connectivity index (χ4v) is 7.52. The van der Waals surface area contributed by atoms with E-state index in [4.69, 9.17) is 21.1 Å². The van der Waals surface area contributed by atoms with E-state index >= 15 is 0 Å². The number of ether oxygens (including phenoxy) is 2. The van der Waals surface area contributed by atoms with Gasteiger partial charge in [-0.1, -0.05) is 36.4 Å². The summed E-state index contributed by atoms with van der Waals surface area (Å²) in [5, 5.41) is 15.0. The average Bonchev–Trinajstić information content (AvgIpc) is 4.08. The summed E-state index contributed by atoms with van der Waals surface area (Å²) in [4.78, 5) is 88.0. The molecule has 3 heterocycles. The predicted molar refractivity (Wildman–Crippen MR) is 236 cm³/mol. The van der Waals surface area contributed by atoms with E-state index < -0.39 is 35.6 Å². The van der Waals surface area contributed by atoms with Crippen LogP contribution in [-0.4, -0.2) is 116 Å². The number of likely N-dealkylation sites (N-methyl/N-ethyl adjacent to an activating group) is 1. The van der Waals surface area contributed by atoms with Gasteiger partial charge in [-0.15, -0.1) is 0 Å². The van der Waals surface area contributed by atoms with Gasteiger partial charge in [-0.25, -0.2) is 5.84 Å². The van der Waals surface area contributed by atoms with Crippen molar-refractivity contribution in [1.29, 1.82) is 0 Å². The zero-order valence-electron chi connectivity index (χ0n) is 36.7. The summed E-state index contributed by atoms with van der Waals surface area (Å²) in [6.07, 6.45) is 3.29. The largest absolute Gasteiger partial charge is 0.493 e. The molecule has 19 heteroatoms. The Morgan fingerprint density at radius 1 is 0.906 bits per heavy atom. The van der Waals surface area contributed by atoms with E-state index in [0.717, 1.165) is 27.8 Å². The van der Waals surface area contributed by atoms with Gasteiger partial charge in [0.15, 0.2) is 11.5 Å². The third-order valence-electron chi connectivity index (χ3n) is 11.1. The van der Waals surface area contributed by atoms with Crippen LogP contribution in [0.4, 0.5) is 0 Å². The Bertz CT molecular complexity index is 2230. The van der Waals surface area contributed by atoms with E-state index in [1.807, 2.05) is 30.1 Å². The molecule has 0 aromatic heterocycles. The first-order chi connectivity index (χ1) is 30.7. The van der Waals surface area contributed by atoms with Gasteiger partial charge in [0.1, 0.15) is 12.1 Å². The molecule has 6 amide bonds. The molecule has 0 saturated carbocycles. The Hall–Kier alpha value is -6.99. The van der Waals surface area contributed by atoms with Gasteiger partial charge >= 0.3 is 0 Å². The molecule has 2 saturated heterocycles. The van der Waals surface area contributed by atoms with Crippen molar-refractivity contribution >= 4 is 46.9 Å². The number of carbonyl (C=O) groups is 7. The Morgan fingerprint density at radius 2 is 1.64 bits per heavy atom. The Kier molecular flexibility index (Phi) is 17.2. The summed E-state index contributed by atoms with van der Waals surface area (Å²) < 4.78 is 10.4. The molecule has 3 aliphatic heterocycles. The van der Waals surface area contributed by atoms with E-state index in [1.54, 1.807) is 60.6 Å². The number of carbonyl (C=O) groups excluding carboxylic acids is 7. The van der Waals surface area contributed by atoms with Crippen LogP contribution in [0.3, 0.4) is 0 Å². The molecule has 3 aromatic carbocycles. The minimum absolute atomic E-state index is 0.0649. The maximum Gasteiger partial charge on any atom is 0.289 e. The van der Waals surface area contributed by atoms with Crippen molar-refractivity contribution in [2.75, 3.05) is 47.4 Å². The highest BCUT2D eigenvalue weighted by Crippen LogP contribution is 2.28. The number of rotatable bonds is 17. The van der Waals surface area contributed by atoms with E-state index in [2.05, 4.69) is 26.6 Å². The van der Waals surface area contributed by atoms with Gasteiger partial charge in [-0.05, 0) is 78.4 Å². The molecule has 3 aromatic rings. The molecule has 6 rings (SSSR count). The number of hydrogen-bond acceptors (Lipinski definition) is 13. The van der Waals surface area contributed by atoms with Gasteiger partial charge in [-0.2, -0.15) is 0 Å². The predicted octanol–water partition coefficient (Wildman–Crippen LogP) is 0.406. The summed E-state index contributed by atoms with van der Waals surface area (Å²) in [5.74, 6) is 4.62. The second kappa shape index (κ2) is 22.9. The van der Waals surface area contributed by atoms with E-state index in [1.165, 1.54) is 19.1 Å². The van der Waals surface area contributed by atoms with Crippen molar-refractivity contribution in [3.05, 3.63) is 100 Å². The molecule has 2 unspecified atom stereocenters. The fraction of sp³-hybridized carbons (Fsp3) is 0.400. The van der Waals surface area contributed by atoms with Crippen LogP contribution in [-0.2, 0) is 54.9 Å². The van der Waals surface area contributed by atoms with Crippen LogP contribution in [0.5, 0.6) is 11.5 Å². The molecule has 342 valence electrons. The first-order valence-corrected chi connectivity index (χ1v) is 21.0. The highest BCUT2D eigenvalue weighted by molar-refractivity contribution is 6.38. The molecule has 9 N–H and O–H groups in total. The maximum atomic E-state index is 12.7. The highest BCUT2D eigenvalue weighted by atomic mass is 16.5. The lowest BCUT2D eigenvalue weighted by atomic mass is 10.0. The van der Waals surface area contributed by atoms with Crippen molar-refractivity contribution in [2.45, 2.75) is 70.9 Å². The molecule has 3 aliphatic rings. The number of nitrogens with zero attached hydrogens (tertiary/aromatic N) is 3. The fourth-order valence-electron chi connectivity index (χ4n) is 7.52. The lowest BCUT2D eigenvalue weighted by Crippen LogP contribution is -2.50. The standard InChI is InChI=1S/C23H30N6O2.C22H28N4O7/c1-16(30)28-12-19-4-3-5-20(21(19)14-28)13-29(25)15-22(24)17-6-8-18(9-7-17)23(31)27-11-10-26-2;1-32-16-7-5-13(10-17(16)33-2)11-23-22(31)20(29)15-4-3-9-26(15)19(28)12-24-21(30)14-6-8-18(27)25-14/h3-9,15,26H,10-14,24-25H2,1-2H3,(H,27,31);5,7,10,14-15H,3-4,6,8-9,11-12H2,1-2H3,(H,23,31)(H,24,30)(H,25,27)/b22-15-;. The molecule has 0 radical (unpaired) electrons. The number of amides is 6. The highest BCUT2D eigenvalue weighted by Gasteiger charge is 2.37. The SMILES string of the molecule is CNCCNC(=O)c1ccc(/C(N)=C/N(N)Cc2cccc3c2CN(C(C)=O)C3)cc1.COc1ccc(CNC(=O)C(=O)C2CCCN2C(=O)CNC(=O)C2CCC(=O)N2)cc1OC. The Balaban J connectivity index is 0.000000241. The number of likely N-dealkylation sites (tertiary alicyclic amines) is 1. The number of hydrogen-bond donors (Lipinski definition) is 7. The average molecular weight is 883 g/mol. The number of ketones is 1. The summed E-state index contributed by atoms with van der Waals surface area (Å²) in [6.45, 7) is 4.70. The number of hydrazine groups is 1. The van der Waals surface area contributed by atoms with Gasteiger partial charge in [-0.3, -0.25) is 33.6 Å². The molecule has 2 atom stereocenters. The minimum atomic E-state index is -0.869. The summed E-state index contributed by atoms with van der Waals surface area (Å²) in [6, 6.07) is 16.8. The molecule has 19 nitrogen and oxygen atoms in total. The van der Waals surface area contributed by atoms with Crippen LogP contribution in [0.25, 0.3) is 5.70 Å². The number of nitrogens with two attached hydrogens (primary N) is 2. The van der Waals surface area contributed by atoms with E-state index in [-0.39, 0.29) is 37.2 Å². The normalized spacial score (nSPS) is 16.5. The lowest BCUT2D eigenvalue weighted by molar-refractivity contribution is -0.144. The number of benzene rings is 3. The second-order valence-corrected chi connectivity index (χ2v) is 15.5. The van der Waals surface area contributed by atoms with Crippen molar-refractivity contribution in [3.63, 3.8) is 0 Å². The summed E-state index contributed by atoms with van der Waals surface area (Å²) in [5.41, 5.74) is 12.2. The van der Waals surface area contributed by atoms with Crippen molar-refractivity contribution in [3.8, 4) is 11.5 Å². The smallest absolute Gasteiger partial charge is 0.289 e. The second-order valence-electron chi connectivity index (χ2n) is 15.5. The summed E-state index contributed by atoms with van der Waals surface area (Å²) >= 11 is 0. The van der Waals surface area contributed by atoms with Crippen molar-refractivity contribution in [2.24, 2.45) is 11.6 Å². The number of nitrogens with one attached hydrogen (secondary N) is 5. The minimum Gasteiger partial charge on any atom is -0.493 e.